The number of carbonyl (C=O) groups is 3. The van der Waals surface area contributed by atoms with Crippen LogP contribution >= 0.6 is 0 Å². The van der Waals surface area contributed by atoms with Crippen molar-refractivity contribution >= 4 is 29.9 Å². The van der Waals surface area contributed by atoms with Gasteiger partial charge in [-0.25, -0.2) is 9.78 Å². The van der Waals surface area contributed by atoms with E-state index in [1.54, 1.807) is 89.3 Å². The number of aliphatic hydroxyl groups is 2. The molecule has 16 nitrogen and oxygen atoms in total. The summed E-state index contributed by atoms with van der Waals surface area (Å²) in [7, 11) is 9.34. The normalized spacial score (nSPS) is 14.5. The van der Waals surface area contributed by atoms with Gasteiger partial charge in [0.25, 0.3) is 0 Å². The van der Waals surface area contributed by atoms with Crippen LogP contribution in [0.5, 0.6) is 34.5 Å². The zero-order valence-electron chi connectivity index (χ0n) is 32.1. The Hall–Kier alpha value is -6.52. The molecule has 16 heteroatoms. The summed E-state index contributed by atoms with van der Waals surface area (Å²) in [6, 6.07) is 7.03. The molecule has 3 aromatic rings. The highest BCUT2D eigenvalue weighted by Gasteiger charge is 2.31. The molecule has 0 saturated carbocycles. The second-order valence-electron chi connectivity index (χ2n) is 11.7. The first kappa shape index (κ1) is 43.9. The number of amides is 2. The molecular formula is C40H48N4O12. The highest BCUT2D eigenvalue weighted by molar-refractivity contribution is 5.90. The van der Waals surface area contributed by atoms with E-state index in [4.69, 9.17) is 43.7 Å². The number of aliphatic carboxylic acids is 1. The quantitative estimate of drug-likeness (QED) is 0.109. The van der Waals surface area contributed by atoms with Crippen LogP contribution in [0.3, 0.4) is 0 Å². The third kappa shape index (κ3) is 13.1. The summed E-state index contributed by atoms with van der Waals surface area (Å²) < 4.78 is 34.3. The van der Waals surface area contributed by atoms with E-state index in [9.17, 15) is 14.4 Å². The van der Waals surface area contributed by atoms with Gasteiger partial charge >= 0.3 is 5.97 Å². The SMILES string of the molecule is COc1cc(/C=C/C=C/C(=O)N2CCN(C(=O)/C=C/C=C/c3cc(OC)c(OC)c(OC)c3)C(Cn3ccnc3)C2)cc(OC)c1OC.O=C(O)/C=C/C(O)O. The van der Waals surface area contributed by atoms with Gasteiger partial charge in [0.05, 0.1) is 55.0 Å². The lowest BCUT2D eigenvalue weighted by molar-refractivity contribution is -0.137. The number of aliphatic hydroxyl groups excluding tert-OH is 1. The molecule has 1 unspecified atom stereocenters. The first-order chi connectivity index (χ1) is 27.0. The van der Waals surface area contributed by atoms with E-state index in [0.717, 1.165) is 17.2 Å². The van der Waals surface area contributed by atoms with E-state index in [0.29, 0.717) is 66.8 Å². The van der Waals surface area contributed by atoms with Crippen molar-refractivity contribution in [1.29, 1.82) is 0 Å². The average Bonchev–Trinajstić information content (AvgIpc) is 3.72. The van der Waals surface area contributed by atoms with Gasteiger partial charge < -0.3 is 58.1 Å². The Morgan fingerprint density at radius 1 is 0.732 bits per heavy atom. The number of methoxy groups -OCH3 is 6. The first-order valence-corrected chi connectivity index (χ1v) is 17.1. The predicted octanol–water partition coefficient (Wildman–Crippen LogP) is 3.45. The van der Waals surface area contributed by atoms with Crippen LogP contribution in [0.4, 0.5) is 0 Å². The van der Waals surface area contributed by atoms with Crippen molar-refractivity contribution in [3.8, 4) is 34.5 Å². The molecule has 2 heterocycles. The third-order valence-electron chi connectivity index (χ3n) is 8.12. The third-order valence-corrected chi connectivity index (χ3v) is 8.12. The summed E-state index contributed by atoms with van der Waals surface area (Å²) in [5.41, 5.74) is 1.64. The Bertz CT molecular complexity index is 1850. The monoisotopic (exact) mass is 776 g/mol. The van der Waals surface area contributed by atoms with Gasteiger partial charge in [0.1, 0.15) is 0 Å². The minimum absolute atomic E-state index is 0.143. The molecule has 0 bridgehead atoms. The number of hydrogen-bond donors (Lipinski definition) is 3. The minimum Gasteiger partial charge on any atom is -0.493 e. The molecule has 0 aliphatic carbocycles. The maximum absolute atomic E-state index is 13.4. The second kappa shape index (κ2) is 22.6. The highest BCUT2D eigenvalue weighted by Crippen LogP contribution is 2.39. The topological polar surface area (TPSA) is 192 Å². The Balaban J connectivity index is 0.000000946. The molecule has 3 N–H and O–H groups in total. The number of carboxylic acid groups (broad SMARTS) is 1. The molecule has 1 aliphatic rings. The van der Waals surface area contributed by atoms with E-state index in [1.165, 1.54) is 12.2 Å². The van der Waals surface area contributed by atoms with Gasteiger partial charge in [0.15, 0.2) is 29.3 Å². The van der Waals surface area contributed by atoms with Crippen LogP contribution in [0.15, 0.2) is 91.6 Å². The van der Waals surface area contributed by atoms with Crippen molar-refractivity contribution in [2.24, 2.45) is 0 Å². The Labute approximate surface area is 325 Å². The van der Waals surface area contributed by atoms with Gasteiger partial charge in [-0.05, 0) is 41.5 Å². The van der Waals surface area contributed by atoms with Crippen LogP contribution in [0, 0.1) is 0 Å². The summed E-state index contributed by atoms with van der Waals surface area (Å²) in [5, 5.41) is 23.9. The molecule has 300 valence electrons. The number of benzene rings is 2. The Morgan fingerprint density at radius 2 is 1.23 bits per heavy atom. The van der Waals surface area contributed by atoms with Crippen molar-refractivity contribution < 1.29 is 58.1 Å². The number of hydrogen-bond acceptors (Lipinski definition) is 12. The number of ether oxygens (including phenoxy) is 6. The fourth-order valence-electron chi connectivity index (χ4n) is 5.51. The average molecular weight is 777 g/mol. The van der Waals surface area contributed by atoms with Crippen molar-refractivity contribution in [3.63, 3.8) is 0 Å². The maximum Gasteiger partial charge on any atom is 0.328 e. The summed E-state index contributed by atoms with van der Waals surface area (Å²) in [6.45, 7) is 1.66. The van der Waals surface area contributed by atoms with E-state index in [2.05, 4.69) is 4.98 Å². The van der Waals surface area contributed by atoms with Gasteiger partial charge in [0.2, 0.25) is 23.3 Å². The van der Waals surface area contributed by atoms with Gasteiger partial charge in [-0.2, -0.15) is 0 Å². The lowest BCUT2D eigenvalue weighted by Crippen LogP contribution is -2.57. The Kier molecular flexibility index (Phi) is 17.7. The largest absolute Gasteiger partial charge is 0.493 e. The molecule has 1 aliphatic heterocycles. The molecule has 0 spiro atoms. The van der Waals surface area contributed by atoms with Gasteiger partial charge in [0, 0.05) is 56.8 Å². The fourth-order valence-corrected chi connectivity index (χ4v) is 5.51. The molecule has 1 fully saturated rings. The van der Waals surface area contributed by atoms with Crippen LogP contribution in [0.2, 0.25) is 0 Å². The molecule has 0 radical (unpaired) electrons. The van der Waals surface area contributed by atoms with Crippen molar-refractivity contribution in [3.05, 3.63) is 103 Å². The number of allylic oxidation sites excluding steroid dienone is 4. The van der Waals surface area contributed by atoms with Crippen LogP contribution < -0.4 is 28.4 Å². The summed E-state index contributed by atoms with van der Waals surface area (Å²) in [4.78, 5) is 43.8. The van der Waals surface area contributed by atoms with E-state index in [-0.39, 0.29) is 17.9 Å². The van der Waals surface area contributed by atoms with E-state index < -0.39 is 12.3 Å². The number of nitrogens with zero attached hydrogens (tertiary/aromatic N) is 4. The molecule has 56 heavy (non-hydrogen) atoms. The van der Waals surface area contributed by atoms with Crippen LogP contribution in [0.25, 0.3) is 12.2 Å². The van der Waals surface area contributed by atoms with Crippen molar-refractivity contribution in [2.45, 2.75) is 18.9 Å². The van der Waals surface area contributed by atoms with Crippen molar-refractivity contribution in [2.75, 3.05) is 62.3 Å². The Morgan fingerprint density at radius 3 is 1.62 bits per heavy atom. The molecule has 1 atom stereocenters. The zero-order chi connectivity index (χ0) is 41.0. The standard InChI is InChI=1S/C36H42N4O8.C4H6O4/c1-43-29-19-26(20-30(44-2)35(29)47-5)11-7-9-13-33(41)39-17-18-40(28(24-39)23-38-16-15-37-25-38)34(42)14-10-8-12-27-21-31(45-3)36(48-6)32(22-27)46-4;5-3(6)1-2-4(7)8/h7-16,19-22,25,28H,17-18,23-24H2,1-6H3;1-3,5-6H,(H,7,8)/b11-7+,12-8+,13-9+,14-10+;2-1+. The predicted molar refractivity (Wildman–Crippen MR) is 208 cm³/mol. The van der Waals surface area contributed by atoms with Crippen LogP contribution in [-0.4, -0.2) is 127 Å². The number of piperazine rings is 1. The van der Waals surface area contributed by atoms with Crippen LogP contribution in [0.1, 0.15) is 11.1 Å². The minimum atomic E-state index is -1.67. The van der Waals surface area contributed by atoms with Gasteiger partial charge in [-0.15, -0.1) is 0 Å². The van der Waals surface area contributed by atoms with E-state index >= 15 is 0 Å². The smallest absolute Gasteiger partial charge is 0.328 e. The molecule has 2 amide bonds. The molecular weight excluding hydrogens is 728 g/mol. The van der Waals surface area contributed by atoms with E-state index in [1.807, 2.05) is 47.2 Å². The number of carboxylic acids is 1. The summed E-state index contributed by atoms with van der Waals surface area (Å²) >= 11 is 0. The summed E-state index contributed by atoms with van der Waals surface area (Å²) in [6.07, 6.45) is 18.6. The van der Waals surface area contributed by atoms with Gasteiger partial charge in [-0.3, -0.25) is 9.59 Å². The fraction of sp³-hybridized carbons (Fsp3) is 0.300. The number of imidazole rings is 1. The molecule has 1 aromatic heterocycles. The lowest BCUT2D eigenvalue weighted by Gasteiger charge is -2.41. The maximum atomic E-state index is 13.4. The van der Waals surface area contributed by atoms with Gasteiger partial charge in [-0.1, -0.05) is 36.5 Å². The van der Waals surface area contributed by atoms with Crippen LogP contribution in [-0.2, 0) is 20.9 Å². The molecule has 4 rings (SSSR count). The second-order valence-corrected chi connectivity index (χ2v) is 11.7. The summed E-state index contributed by atoms with van der Waals surface area (Å²) in [5.74, 6) is 1.68. The molecule has 2 aromatic carbocycles. The number of aromatic nitrogens is 2. The highest BCUT2D eigenvalue weighted by atomic mass is 16.5. The lowest BCUT2D eigenvalue weighted by atomic mass is 10.1. The number of rotatable bonds is 16. The first-order valence-electron chi connectivity index (χ1n) is 17.1. The van der Waals surface area contributed by atoms with Crippen molar-refractivity contribution in [1.82, 2.24) is 19.4 Å². The molecule has 1 saturated heterocycles. The zero-order valence-corrected chi connectivity index (χ0v) is 32.1. The number of carbonyl (C=O) groups excluding carboxylic acids is 2.